The van der Waals surface area contributed by atoms with Gasteiger partial charge in [0.1, 0.15) is 0 Å². The van der Waals surface area contributed by atoms with Crippen molar-refractivity contribution >= 4 is 50.6 Å². The number of hydrogen-bond donors (Lipinski definition) is 0. The molecule has 0 atom stereocenters. The first-order chi connectivity index (χ1) is 31.6. The van der Waals surface area contributed by atoms with Gasteiger partial charge in [-0.25, -0.2) is 15.0 Å². The third kappa shape index (κ3) is 6.74. The smallest absolute Gasteiger partial charge is 0.180 e. The van der Waals surface area contributed by atoms with E-state index in [4.69, 9.17) is 15.0 Å². The molecule has 0 spiro atoms. The molecule has 0 saturated heterocycles. The molecule has 0 radical (unpaired) electrons. The van der Waals surface area contributed by atoms with Crippen molar-refractivity contribution in [2.45, 2.75) is 13.8 Å². The van der Waals surface area contributed by atoms with Crippen LogP contribution >= 0.6 is 0 Å². The van der Waals surface area contributed by atoms with E-state index in [0.717, 1.165) is 39.0 Å². The molecule has 0 unspecified atom stereocenters. The Balaban J connectivity index is 1.24. The summed E-state index contributed by atoms with van der Waals surface area (Å²) in [5.41, 5.74) is 10.7. The van der Waals surface area contributed by atoms with Gasteiger partial charge in [0, 0.05) is 27.5 Å². The summed E-state index contributed by atoms with van der Waals surface area (Å²) in [6.45, 7) is 4.33. The van der Waals surface area contributed by atoms with Crippen LogP contribution in [-0.2, 0) is 0 Å². The van der Waals surface area contributed by atoms with Gasteiger partial charge in [-0.3, -0.25) is 0 Å². The summed E-state index contributed by atoms with van der Waals surface area (Å²) in [7, 11) is -2.93. The van der Waals surface area contributed by atoms with E-state index in [1.807, 2.05) is 36.4 Å². The number of fused-ring (bicyclic) bond motifs is 3. The number of benzene rings is 9. The largest absolute Gasteiger partial charge is 0.309 e. The van der Waals surface area contributed by atoms with E-state index in [9.17, 15) is 0 Å². The molecule has 0 saturated carbocycles. The lowest BCUT2D eigenvalue weighted by Crippen LogP contribution is -2.75. The van der Waals surface area contributed by atoms with Crippen molar-refractivity contribution in [1.82, 2.24) is 19.5 Å². The molecule has 0 aliphatic carbocycles. The normalized spacial score (nSPS) is 11.6. The maximum absolute atomic E-state index is 5.38. The van der Waals surface area contributed by atoms with Gasteiger partial charge in [-0.2, -0.15) is 0 Å². The first kappa shape index (κ1) is 38.9. The van der Waals surface area contributed by atoms with Crippen molar-refractivity contribution in [1.29, 1.82) is 0 Å². The highest BCUT2D eigenvalue weighted by Gasteiger charge is 2.43. The van der Waals surface area contributed by atoms with Gasteiger partial charge < -0.3 is 4.57 Å². The van der Waals surface area contributed by atoms with E-state index >= 15 is 0 Å². The second-order valence-electron chi connectivity index (χ2n) is 16.5. The summed E-state index contributed by atoms with van der Waals surface area (Å²) >= 11 is 0. The van der Waals surface area contributed by atoms with Crippen LogP contribution in [0.25, 0.3) is 72.8 Å². The van der Waals surface area contributed by atoms with Gasteiger partial charge in [-0.05, 0) is 82.1 Å². The Morgan fingerprint density at radius 1 is 0.344 bits per heavy atom. The quantitative estimate of drug-likeness (QED) is 0.107. The molecule has 4 nitrogen and oxygen atoms in total. The van der Waals surface area contributed by atoms with Crippen LogP contribution in [0.2, 0.25) is 0 Å². The fraction of sp³-hybridized carbons (Fsp3) is 0.0339. The zero-order valence-corrected chi connectivity index (χ0v) is 36.7. The van der Waals surface area contributed by atoms with E-state index in [0.29, 0.717) is 17.5 Å². The van der Waals surface area contributed by atoms with E-state index in [1.165, 1.54) is 48.2 Å². The maximum Gasteiger partial charge on any atom is 0.180 e. The maximum atomic E-state index is 5.38. The summed E-state index contributed by atoms with van der Waals surface area (Å²) < 4.78 is 2.40. The molecule has 2 aromatic heterocycles. The molecule has 2 heterocycles. The van der Waals surface area contributed by atoms with Crippen LogP contribution in [0.5, 0.6) is 0 Å². The Morgan fingerprint density at radius 2 is 0.766 bits per heavy atom. The molecule has 11 aromatic rings. The van der Waals surface area contributed by atoms with Crippen LogP contribution in [0.15, 0.2) is 231 Å². The molecule has 0 amide bonds. The molecule has 304 valence electrons. The lowest BCUT2D eigenvalue weighted by Gasteiger charge is -2.36. The third-order valence-electron chi connectivity index (χ3n) is 12.5. The minimum atomic E-state index is -2.93. The Labute approximate surface area is 374 Å². The van der Waals surface area contributed by atoms with Gasteiger partial charge >= 0.3 is 0 Å². The van der Waals surface area contributed by atoms with E-state index in [2.05, 4.69) is 213 Å². The minimum Gasteiger partial charge on any atom is -0.309 e. The molecule has 0 bridgehead atoms. The summed E-state index contributed by atoms with van der Waals surface area (Å²) in [5.74, 6) is 1.85. The van der Waals surface area contributed by atoms with Crippen molar-refractivity contribution in [2.75, 3.05) is 0 Å². The number of nitrogens with zero attached hydrogens (tertiary/aromatic N) is 4. The average Bonchev–Trinajstić information content (AvgIpc) is 3.67. The molecule has 0 fully saturated rings. The highest BCUT2D eigenvalue weighted by atomic mass is 28.3. The van der Waals surface area contributed by atoms with Crippen LogP contribution in [0.4, 0.5) is 0 Å². The molecule has 5 heteroatoms. The molecule has 64 heavy (non-hydrogen) atoms. The fourth-order valence-corrected chi connectivity index (χ4v) is 14.6. The molecular formula is C59H44N4Si. The van der Waals surface area contributed by atoms with Gasteiger partial charge in [0.2, 0.25) is 0 Å². The van der Waals surface area contributed by atoms with Gasteiger partial charge in [-0.15, -0.1) is 0 Å². The Hall–Kier alpha value is -7.99. The van der Waals surface area contributed by atoms with Crippen molar-refractivity contribution in [3.8, 4) is 51.0 Å². The third-order valence-corrected chi connectivity index (χ3v) is 17.4. The molecule has 9 aromatic carbocycles. The Kier molecular flexibility index (Phi) is 9.95. The summed E-state index contributed by atoms with van der Waals surface area (Å²) in [6, 6.07) is 83.4. The zero-order valence-electron chi connectivity index (χ0n) is 35.7. The van der Waals surface area contributed by atoms with Crippen molar-refractivity contribution < 1.29 is 0 Å². The highest BCUT2D eigenvalue weighted by molar-refractivity contribution is 7.20. The van der Waals surface area contributed by atoms with Gasteiger partial charge in [0.15, 0.2) is 25.5 Å². The van der Waals surface area contributed by atoms with Crippen LogP contribution in [0.1, 0.15) is 11.1 Å². The van der Waals surface area contributed by atoms with Crippen LogP contribution < -0.4 is 20.7 Å². The number of hydrogen-bond acceptors (Lipinski definition) is 3. The summed E-state index contributed by atoms with van der Waals surface area (Å²) in [4.78, 5) is 15.9. The van der Waals surface area contributed by atoms with Gasteiger partial charge in [0.25, 0.3) is 0 Å². The number of aromatic nitrogens is 4. The van der Waals surface area contributed by atoms with Gasteiger partial charge in [0.05, 0.1) is 16.7 Å². The van der Waals surface area contributed by atoms with E-state index in [-0.39, 0.29) is 0 Å². The monoisotopic (exact) mass is 836 g/mol. The van der Waals surface area contributed by atoms with Gasteiger partial charge in [-0.1, -0.05) is 205 Å². The first-order valence-electron chi connectivity index (χ1n) is 21.9. The second-order valence-corrected chi connectivity index (χ2v) is 20.3. The topological polar surface area (TPSA) is 43.6 Å². The predicted octanol–water partition coefficient (Wildman–Crippen LogP) is 11.6. The highest BCUT2D eigenvalue weighted by Crippen LogP contribution is 2.39. The molecule has 0 aliphatic heterocycles. The van der Waals surface area contributed by atoms with Crippen LogP contribution in [0, 0.1) is 13.8 Å². The molecule has 0 N–H and O–H groups in total. The van der Waals surface area contributed by atoms with Crippen LogP contribution in [-0.4, -0.2) is 27.6 Å². The van der Waals surface area contributed by atoms with E-state index in [1.54, 1.807) is 0 Å². The second kappa shape index (κ2) is 16.4. The molecular weight excluding hydrogens is 793 g/mol. The Morgan fingerprint density at radius 3 is 1.25 bits per heavy atom. The van der Waals surface area contributed by atoms with Crippen LogP contribution in [0.3, 0.4) is 0 Å². The Bertz CT molecular complexity index is 3230. The summed E-state index contributed by atoms with van der Waals surface area (Å²) in [6.07, 6.45) is 0. The van der Waals surface area contributed by atoms with Crippen molar-refractivity contribution in [2.24, 2.45) is 0 Å². The number of aryl methyl sites for hydroxylation is 2. The minimum absolute atomic E-state index is 0.606. The zero-order chi connectivity index (χ0) is 43.0. The average molecular weight is 837 g/mol. The lowest BCUT2D eigenvalue weighted by atomic mass is 10.0. The molecule has 0 aliphatic rings. The predicted molar refractivity (Wildman–Crippen MR) is 269 cm³/mol. The van der Waals surface area contributed by atoms with E-state index < -0.39 is 8.07 Å². The molecule has 11 rings (SSSR count). The fourth-order valence-electron chi connectivity index (χ4n) is 9.61. The summed E-state index contributed by atoms with van der Waals surface area (Å²) in [5, 5.41) is 7.72. The van der Waals surface area contributed by atoms with Crippen molar-refractivity contribution in [3.63, 3.8) is 0 Å². The number of rotatable bonds is 9. The standard InChI is InChI=1S/C59H44N4Si/c1-41-32-35-53-50(38-41)51-39-42(2)33-36-54(51)63(53)55-37-34-45(40-52(55)59-61-57(43-20-8-3-9-21-43)60-58(62-59)44-22-10-4-11-23-44)49-30-18-19-31-56(49)64(46-24-12-5-13-25-46,47-26-14-6-15-27-47)48-28-16-7-17-29-48/h3-40H,1-2H3. The lowest BCUT2D eigenvalue weighted by molar-refractivity contribution is 1.06. The SMILES string of the molecule is Cc1ccc2c(c1)c1cc(C)ccc1n2-c1ccc(-c2ccccc2[Si](c2ccccc2)(c2ccccc2)c2ccccc2)cc1-c1nc(-c2ccccc2)nc(-c2ccccc2)n1. The van der Waals surface area contributed by atoms with Crippen molar-refractivity contribution in [3.05, 3.63) is 242 Å². The first-order valence-corrected chi connectivity index (χ1v) is 23.9.